The Hall–Kier alpha value is -1.44. The van der Waals surface area contributed by atoms with Gasteiger partial charge in [0.25, 0.3) is 0 Å². The van der Waals surface area contributed by atoms with Gasteiger partial charge in [0.1, 0.15) is 5.82 Å². The Kier molecular flexibility index (Phi) is 4.62. The Morgan fingerprint density at radius 2 is 2.00 bits per heavy atom. The van der Waals surface area contributed by atoms with Crippen LogP contribution in [-0.4, -0.2) is 12.8 Å². The van der Waals surface area contributed by atoms with Crippen molar-refractivity contribution in [1.82, 2.24) is 0 Å². The first-order valence-electron chi connectivity index (χ1n) is 5.87. The highest BCUT2D eigenvalue weighted by molar-refractivity contribution is 6.09. The third kappa shape index (κ3) is 3.52. The number of aryl methyl sites for hydroxylation is 1. The normalized spacial score (nSPS) is 13.4. The van der Waals surface area contributed by atoms with Crippen molar-refractivity contribution in [3.05, 3.63) is 46.8 Å². The Labute approximate surface area is 103 Å². The molecule has 1 aromatic rings. The molecule has 1 nitrogen and oxygen atoms in total. The smallest absolute Gasteiger partial charge is 0.126 e. The number of halogens is 1. The van der Waals surface area contributed by atoms with E-state index in [2.05, 4.69) is 25.8 Å². The summed E-state index contributed by atoms with van der Waals surface area (Å²) in [6, 6.07) is 5.24. The lowest BCUT2D eigenvalue weighted by atomic mass is 10.00. The number of aliphatic imine (C=N–C) groups is 1. The Morgan fingerprint density at radius 1 is 1.35 bits per heavy atom. The van der Waals surface area contributed by atoms with Crippen molar-refractivity contribution < 1.29 is 4.39 Å². The van der Waals surface area contributed by atoms with Gasteiger partial charge >= 0.3 is 0 Å². The van der Waals surface area contributed by atoms with E-state index in [1.54, 1.807) is 26.1 Å². The zero-order chi connectivity index (χ0) is 13.0. The van der Waals surface area contributed by atoms with Gasteiger partial charge in [-0.05, 0) is 37.5 Å². The predicted molar refractivity (Wildman–Crippen MR) is 72.2 cm³/mol. The van der Waals surface area contributed by atoms with Crippen LogP contribution in [0.5, 0.6) is 0 Å². The molecule has 2 heteroatoms. The molecule has 1 aromatic carbocycles. The molecule has 0 radical (unpaired) electrons. The maximum atomic E-state index is 13.5. The van der Waals surface area contributed by atoms with Crippen LogP contribution in [0, 0.1) is 18.7 Å². The number of rotatable bonds is 3. The highest BCUT2D eigenvalue weighted by atomic mass is 19.1. The van der Waals surface area contributed by atoms with E-state index < -0.39 is 0 Å². The zero-order valence-corrected chi connectivity index (χ0v) is 11.2. The summed E-state index contributed by atoms with van der Waals surface area (Å²) in [7, 11) is 1.73. The van der Waals surface area contributed by atoms with Crippen molar-refractivity contribution in [1.29, 1.82) is 0 Å². The van der Waals surface area contributed by atoms with Crippen LogP contribution in [0.3, 0.4) is 0 Å². The molecule has 0 fully saturated rings. The van der Waals surface area contributed by atoms with Gasteiger partial charge < -0.3 is 0 Å². The van der Waals surface area contributed by atoms with E-state index in [1.165, 1.54) is 5.57 Å². The van der Waals surface area contributed by atoms with Gasteiger partial charge in [-0.3, -0.25) is 4.99 Å². The largest absolute Gasteiger partial charge is 0.288 e. The van der Waals surface area contributed by atoms with Gasteiger partial charge in [-0.25, -0.2) is 4.39 Å². The molecule has 1 rings (SSSR count). The summed E-state index contributed by atoms with van der Waals surface area (Å²) >= 11 is 0. The van der Waals surface area contributed by atoms with E-state index in [-0.39, 0.29) is 5.82 Å². The maximum Gasteiger partial charge on any atom is 0.126 e. The number of nitrogens with zero attached hydrogens (tertiary/aromatic N) is 1. The standard InChI is InChI=1S/C15H20FN/c1-10(2)12(4)8-15(17-5)13-7-6-11(3)14(16)9-13/h6-10H,1-5H3. The van der Waals surface area contributed by atoms with Gasteiger partial charge in [0.15, 0.2) is 0 Å². The summed E-state index contributed by atoms with van der Waals surface area (Å²) in [4.78, 5) is 4.23. The zero-order valence-electron chi connectivity index (χ0n) is 11.2. The Bertz CT molecular complexity index is 456. The minimum absolute atomic E-state index is 0.181. The SMILES string of the molecule is CN=C(C=C(C)C(C)C)c1ccc(C)c(F)c1. The van der Waals surface area contributed by atoms with Gasteiger partial charge in [-0.15, -0.1) is 0 Å². The fourth-order valence-electron chi connectivity index (χ4n) is 1.41. The third-order valence-corrected chi connectivity index (χ3v) is 2.98. The lowest BCUT2D eigenvalue weighted by Gasteiger charge is -2.08. The van der Waals surface area contributed by atoms with Crippen molar-refractivity contribution in [3.8, 4) is 0 Å². The molecule has 0 aliphatic carbocycles. The predicted octanol–water partition coefficient (Wildman–Crippen LogP) is 4.16. The lowest BCUT2D eigenvalue weighted by molar-refractivity contribution is 0.618. The van der Waals surface area contributed by atoms with Crippen LogP contribution in [0.15, 0.2) is 34.8 Å². The van der Waals surface area contributed by atoms with Crippen molar-refractivity contribution in [2.24, 2.45) is 10.9 Å². The lowest BCUT2D eigenvalue weighted by Crippen LogP contribution is -2.01. The monoisotopic (exact) mass is 233 g/mol. The quantitative estimate of drug-likeness (QED) is 0.695. The number of hydrogen-bond donors (Lipinski definition) is 0. The van der Waals surface area contributed by atoms with Crippen molar-refractivity contribution in [2.45, 2.75) is 27.7 Å². The van der Waals surface area contributed by atoms with E-state index in [1.807, 2.05) is 12.1 Å². The number of hydrogen-bond acceptors (Lipinski definition) is 1. The molecule has 0 saturated heterocycles. The fraction of sp³-hybridized carbons (Fsp3) is 0.400. The molecule has 17 heavy (non-hydrogen) atoms. The summed E-state index contributed by atoms with van der Waals surface area (Å²) in [5, 5.41) is 0. The average Bonchev–Trinajstić information content (AvgIpc) is 2.29. The molecule has 0 saturated carbocycles. The van der Waals surface area contributed by atoms with E-state index in [4.69, 9.17) is 0 Å². The van der Waals surface area contributed by atoms with Crippen LogP contribution < -0.4 is 0 Å². The highest BCUT2D eigenvalue weighted by Gasteiger charge is 2.05. The van der Waals surface area contributed by atoms with Crippen LogP contribution in [0.25, 0.3) is 0 Å². The maximum absolute atomic E-state index is 13.5. The van der Waals surface area contributed by atoms with Gasteiger partial charge in [-0.2, -0.15) is 0 Å². The van der Waals surface area contributed by atoms with Crippen molar-refractivity contribution >= 4 is 5.71 Å². The molecule has 0 spiro atoms. The van der Waals surface area contributed by atoms with Crippen molar-refractivity contribution in [2.75, 3.05) is 7.05 Å². The van der Waals surface area contributed by atoms with E-state index in [0.717, 1.165) is 11.3 Å². The molecule has 0 N–H and O–H groups in total. The number of allylic oxidation sites excluding steroid dienone is 2. The highest BCUT2D eigenvalue weighted by Crippen LogP contribution is 2.14. The van der Waals surface area contributed by atoms with Crippen molar-refractivity contribution in [3.63, 3.8) is 0 Å². The van der Waals surface area contributed by atoms with Crippen LogP contribution in [-0.2, 0) is 0 Å². The second kappa shape index (κ2) is 5.76. The summed E-state index contributed by atoms with van der Waals surface area (Å²) in [5.74, 6) is 0.293. The van der Waals surface area contributed by atoms with Crippen LogP contribution in [0.2, 0.25) is 0 Å². The fourth-order valence-corrected chi connectivity index (χ4v) is 1.41. The topological polar surface area (TPSA) is 12.4 Å². The second-order valence-corrected chi connectivity index (χ2v) is 4.62. The molecule has 0 unspecified atom stereocenters. The van der Waals surface area contributed by atoms with Gasteiger partial charge in [-0.1, -0.05) is 31.6 Å². The molecular formula is C15H20FN. The van der Waals surface area contributed by atoms with Crippen LogP contribution in [0.1, 0.15) is 31.9 Å². The molecule has 0 amide bonds. The van der Waals surface area contributed by atoms with Crippen LogP contribution >= 0.6 is 0 Å². The van der Waals surface area contributed by atoms with Gasteiger partial charge in [0.2, 0.25) is 0 Å². The van der Waals surface area contributed by atoms with E-state index >= 15 is 0 Å². The summed E-state index contributed by atoms with van der Waals surface area (Å²) in [6.07, 6.45) is 2.02. The molecular weight excluding hydrogens is 213 g/mol. The first-order valence-corrected chi connectivity index (χ1v) is 5.87. The molecule has 0 atom stereocenters. The van der Waals surface area contributed by atoms with E-state index in [0.29, 0.717) is 11.5 Å². The molecule has 0 bridgehead atoms. The first-order chi connectivity index (χ1) is 7.95. The Morgan fingerprint density at radius 3 is 2.47 bits per heavy atom. The summed E-state index contributed by atoms with van der Waals surface area (Å²) < 4.78 is 13.5. The van der Waals surface area contributed by atoms with Gasteiger partial charge in [0, 0.05) is 12.6 Å². The van der Waals surface area contributed by atoms with E-state index in [9.17, 15) is 4.39 Å². The van der Waals surface area contributed by atoms with Crippen LogP contribution in [0.4, 0.5) is 4.39 Å². The first kappa shape index (κ1) is 13.6. The minimum atomic E-state index is -0.181. The molecule has 0 aliphatic heterocycles. The molecule has 92 valence electrons. The molecule has 0 aliphatic rings. The summed E-state index contributed by atoms with van der Waals surface area (Å²) in [5.41, 5.74) is 3.56. The minimum Gasteiger partial charge on any atom is -0.288 e. The number of benzene rings is 1. The molecule has 0 aromatic heterocycles. The van der Waals surface area contributed by atoms with Gasteiger partial charge in [0.05, 0.1) is 5.71 Å². The summed E-state index contributed by atoms with van der Waals surface area (Å²) in [6.45, 7) is 8.10. The third-order valence-electron chi connectivity index (χ3n) is 2.98. The second-order valence-electron chi connectivity index (χ2n) is 4.62. The Balaban J connectivity index is 3.12. The average molecular weight is 233 g/mol. The molecule has 0 heterocycles.